The van der Waals surface area contributed by atoms with Gasteiger partial charge in [-0.05, 0) is 6.92 Å². The number of fused-ring (bicyclic) bond motifs is 1. The van der Waals surface area contributed by atoms with Gasteiger partial charge in [0.1, 0.15) is 6.04 Å². The zero-order valence-electron chi connectivity index (χ0n) is 11.4. The van der Waals surface area contributed by atoms with E-state index < -0.39 is 6.04 Å². The third-order valence-electron chi connectivity index (χ3n) is 3.22. The molecule has 0 spiro atoms. The summed E-state index contributed by atoms with van der Waals surface area (Å²) in [7, 11) is 3.33. The first-order chi connectivity index (χ1) is 8.99. The van der Waals surface area contributed by atoms with Crippen LogP contribution in [0.1, 0.15) is 18.3 Å². The Balaban J connectivity index is 1.93. The molecule has 2 rings (SSSR count). The van der Waals surface area contributed by atoms with Crippen LogP contribution in [0.3, 0.4) is 0 Å². The van der Waals surface area contributed by atoms with E-state index in [-0.39, 0.29) is 17.9 Å². The number of amides is 2. The monoisotopic (exact) mass is 265 g/mol. The Bertz CT molecular complexity index is 482. The molecule has 7 heteroatoms. The van der Waals surface area contributed by atoms with E-state index in [1.807, 2.05) is 0 Å². The SMILES string of the molecule is CC(NC(=O)C1Cc2nc[nH]c2CN1)C(=O)N(C)C. The van der Waals surface area contributed by atoms with Crippen LogP contribution in [-0.4, -0.2) is 52.9 Å². The summed E-state index contributed by atoms with van der Waals surface area (Å²) in [5.74, 6) is -0.291. The third-order valence-corrected chi connectivity index (χ3v) is 3.22. The molecule has 104 valence electrons. The third kappa shape index (κ3) is 2.93. The van der Waals surface area contributed by atoms with E-state index in [4.69, 9.17) is 0 Å². The predicted octanol–water partition coefficient (Wildman–Crippen LogP) is -0.983. The van der Waals surface area contributed by atoms with Crippen molar-refractivity contribution in [3.8, 4) is 0 Å². The van der Waals surface area contributed by atoms with Crippen molar-refractivity contribution in [3.05, 3.63) is 17.7 Å². The number of likely N-dealkylation sites (N-methyl/N-ethyl adjacent to an activating group) is 1. The molecule has 7 nitrogen and oxygen atoms in total. The molecule has 1 aromatic rings. The van der Waals surface area contributed by atoms with Gasteiger partial charge in [-0.25, -0.2) is 4.98 Å². The lowest BCUT2D eigenvalue weighted by atomic mass is 10.0. The fourth-order valence-corrected chi connectivity index (χ4v) is 2.12. The van der Waals surface area contributed by atoms with Crippen LogP contribution in [0.5, 0.6) is 0 Å². The highest BCUT2D eigenvalue weighted by Gasteiger charge is 2.28. The number of hydrogen-bond donors (Lipinski definition) is 3. The molecule has 0 saturated carbocycles. The van der Waals surface area contributed by atoms with Gasteiger partial charge in [-0.3, -0.25) is 14.9 Å². The first-order valence-electron chi connectivity index (χ1n) is 6.25. The average molecular weight is 265 g/mol. The number of aromatic nitrogens is 2. The van der Waals surface area contributed by atoms with E-state index in [2.05, 4.69) is 20.6 Å². The van der Waals surface area contributed by atoms with Crippen LogP contribution < -0.4 is 10.6 Å². The number of nitrogens with one attached hydrogen (secondary N) is 3. The summed E-state index contributed by atoms with van der Waals surface area (Å²) in [6.45, 7) is 2.27. The minimum atomic E-state index is -0.523. The molecule has 0 fully saturated rings. The van der Waals surface area contributed by atoms with Crippen LogP contribution in [0, 0.1) is 0 Å². The van der Waals surface area contributed by atoms with Crippen LogP contribution >= 0.6 is 0 Å². The van der Waals surface area contributed by atoms with Crippen LogP contribution in [0.2, 0.25) is 0 Å². The van der Waals surface area contributed by atoms with E-state index in [1.165, 1.54) is 4.90 Å². The second-order valence-electron chi connectivity index (χ2n) is 4.93. The first-order valence-corrected chi connectivity index (χ1v) is 6.25. The van der Waals surface area contributed by atoms with Gasteiger partial charge in [0.05, 0.1) is 23.8 Å². The van der Waals surface area contributed by atoms with Crippen molar-refractivity contribution in [2.24, 2.45) is 0 Å². The summed E-state index contributed by atoms with van der Waals surface area (Å²) in [6.07, 6.45) is 2.17. The summed E-state index contributed by atoms with van der Waals surface area (Å²) in [6, 6.07) is -0.863. The zero-order chi connectivity index (χ0) is 14.0. The topological polar surface area (TPSA) is 90.1 Å². The maximum Gasteiger partial charge on any atom is 0.244 e. The molecule has 2 amide bonds. The van der Waals surface area contributed by atoms with Gasteiger partial charge in [-0.2, -0.15) is 0 Å². The van der Waals surface area contributed by atoms with Crippen molar-refractivity contribution in [3.63, 3.8) is 0 Å². The second-order valence-corrected chi connectivity index (χ2v) is 4.93. The Morgan fingerprint density at radius 2 is 2.26 bits per heavy atom. The molecular weight excluding hydrogens is 246 g/mol. The molecule has 2 heterocycles. The van der Waals surface area contributed by atoms with Crippen molar-refractivity contribution in [2.45, 2.75) is 32.0 Å². The number of H-pyrrole nitrogens is 1. The highest BCUT2D eigenvalue weighted by molar-refractivity contribution is 5.89. The van der Waals surface area contributed by atoms with E-state index in [9.17, 15) is 9.59 Å². The molecule has 0 aromatic carbocycles. The first kappa shape index (κ1) is 13.5. The predicted molar refractivity (Wildman–Crippen MR) is 69.2 cm³/mol. The van der Waals surface area contributed by atoms with Crippen LogP contribution in [-0.2, 0) is 22.6 Å². The molecule has 1 aliphatic rings. The minimum Gasteiger partial charge on any atom is -0.347 e. The van der Waals surface area contributed by atoms with Gasteiger partial charge in [0.15, 0.2) is 0 Å². The highest BCUT2D eigenvalue weighted by atomic mass is 16.2. The Labute approximate surface area is 111 Å². The minimum absolute atomic E-state index is 0.121. The summed E-state index contributed by atoms with van der Waals surface area (Å²) < 4.78 is 0. The Hall–Kier alpha value is -1.89. The summed E-state index contributed by atoms with van der Waals surface area (Å²) >= 11 is 0. The Morgan fingerprint density at radius 1 is 1.53 bits per heavy atom. The van der Waals surface area contributed by atoms with E-state index >= 15 is 0 Å². The number of carbonyl (C=O) groups excluding carboxylic acids is 2. The smallest absolute Gasteiger partial charge is 0.244 e. The van der Waals surface area contributed by atoms with Gasteiger partial charge in [0.2, 0.25) is 11.8 Å². The van der Waals surface area contributed by atoms with Crippen molar-refractivity contribution < 1.29 is 9.59 Å². The number of aromatic amines is 1. The molecule has 3 N–H and O–H groups in total. The number of nitrogens with zero attached hydrogens (tertiary/aromatic N) is 2. The summed E-state index contributed by atoms with van der Waals surface area (Å²) in [5, 5.41) is 5.85. The lowest BCUT2D eigenvalue weighted by Gasteiger charge is -2.25. The molecule has 1 aliphatic heterocycles. The van der Waals surface area contributed by atoms with Crippen molar-refractivity contribution >= 4 is 11.8 Å². The van der Waals surface area contributed by atoms with Crippen molar-refractivity contribution in [1.29, 1.82) is 0 Å². The van der Waals surface area contributed by atoms with E-state index in [0.717, 1.165) is 11.4 Å². The summed E-state index contributed by atoms with van der Waals surface area (Å²) in [4.78, 5) is 32.4. The largest absolute Gasteiger partial charge is 0.347 e. The van der Waals surface area contributed by atoms with Gasteiger partial charge < -0.3 is 15.2 Å². The van der Waals surface area contributed by atoms with Gasteiger partial charge >= 0.3 is 0 Å². The normalized spacial score (nSPS) is 19.4. The second kappa shape index (κ2) is 5.40. The number of rotatable bonds is 3. The van der Waals surface area contributed by atoms with Gasteiger partial charge in [0.25, 0.3) is 0 Å². The molecule has 0 saturated heterocycles. The Morgan fingerprint density at radius 3 is 2.95 bits per heavy atom. The number of carbonyl (C=O) groups is 2. The fourth-order valence-electron chi connectivity index (χ4n) is 2.12. The average Bonchev–Trinajstić information content (AvgIpc) is 2.84. The van der Waals surface area contributed by atoms with Crippen LogP contribution in [0.15, 0.2) is 6.33 Å². The molecule has 2 unspecified atom stereocenters. The van der Waals surface area contributed by atoms with Gasteiger partial charge in [-0.15, -0.1) is 0 Å². The van der Waals surface area contributed by atoms with Crippen molar-refractivity contribution in [2.75, 3.05) is 14.1 Å². The summed E-state index contributed by atoms with van der Waals surface area (Å²) in [5.41, 5.74) is 1.92. The number of imidazole rings is 1. The maximum atomic E-state index is 12.1. The molecule has 0 bridgehead atoms. The Kier molecular flexibility index (Phi) is 3.84. The van der Waals surface area contributed by atoms with Gasteiger partial charge in [0, 0.05) is 27.1 Å². The molecule has 0 aliphatic carbocycles. The van der Waals surface area contributed by atoms with E-state index in [1.54, 1.807) is 27.3 Å². The lowest BCUT2D eigenvalue weighted by Crippen LogP contribution is -2.53. The number of hydrogen-bond acceptors (Lipinski definition) is 4. The molecule has 19 heavy (non-hydrogen) atoms. The van der Waals surface area contributed by atoms with Crippen molar-refractivity contribution in [1.82, 2.24) is 25.5 Å². The maximum absolute atomic E-state index is 12.1. The molecule has 0 radical (unpaired) electrons. The zero-order valence-corrected chi connectivity index (χ0v) is 11.4. The standard InChI is InChI=1S/C12H19N5O2/c1-7(12(19)17(2)3)16-11(18)9-4-8-10(5-13-9)15-6-14-8/h6-7,9,13H,4-5H2,1-3H3,(H,14,15)(H,16,18). The van der Waals surface area contributed by atoms with Gasteiger partial charge in [-0.1, -0.05) is 0 Å². The molecule has 1 aromatic heterocycles. The highest BCUT2D eigenvalue weighted by Crippen LogP contribution is 2.12. The quantitative estimate of drug-likeness (QED) is 0.655. The lowest BCUT2D eigenvalue weighted by molar-refractivity contribution is -0.134. The molecular formula is C12H19N5O2. The van der Waals surface area contributed by atoms with E-state index in [0.29, 0.717) is 13.0 Å². The van der Waals surface area contributed by atoms with Crippen LogP contribution in [0.4, 0.5) is 0 Å². The molecule has 2 atom stereocenters. The fraction of sp³-hybridized carbons (Fsp3) is 0.583. The van der Waals surface area contributed by atoms with Crippen LogP contribution in [0.25, 0.3) is 0 Å².